The van der Waals surface area contributed by atoms with E-state index < -0.39 is 5.82 Å². The van der Waals surface area contributed by atoms with Crippen LogP contribution in [-0.2, 0) is 4.74 Å². The molecule has 0 aromatic heterocycles. The molecular formula is C16H18FNO3. The SMILES string of the molecule is CC1OCCC1N(C)C(=O)c1ccc(F)cc1C#CCO. The molecule has 0 saturated carbocycles. The number of aliphatic hydroxyl groups excluding tert-OH is 1. The third-order valence-corrected chi connectivity index (χ3v) is 3.67. The summed E-state index contributed by atoms with van der Waals surface area (Å²) in [6, 6.07) is 3.87. The van der Waals surface area contributed by atoms with Crippen LogP contribution in [0.1, 0.15) is 29.3 Å². The minimum atomic E-state index is -0.464. The summed E-state index contributed by atoms with van der Waals surface area (Å²) in [5.41, 5.74) is 0.617. The van der Waals surface area contributed by atoms with Gasteiger partial charge in [0.1, 0.15) is 12.4 Å². The van der Waals surface area contributed by atoms with E-state index in [4.69, 9.17) is 9.84 Å². The monoisotopic (exact) mass is 291 g/mol. The molecule has 2 unspecified atom stereocenters. The maximum atomic E-state index is 13.3. The maximum absolute atomic E-state index is 13.3. The molecule has 5 heteroatoms. The number of ether oxygens (including phenoxy) is 1. The molecule has 1 fully saturated rings. The smallest absolute Gasteiger partial charge is 0.255 e. The van der Waals surface area contributed by atoms with Gasteiger partial charge in [-0.25, -0.2) is 4.39 Å². The van der Waals surface area contributed by atoms with E-state index in [0.29, 0.717) is 12.2 Å². The summed E-state index contributed by atoms with van der Waals surface area (Å²) in [6.07, 6.45) is 0.758. The molecule has 0 spiro atoms. The van der Waals surface area contributed by atoms with E-state index >= 15 is 0 Å². The lowest BCUT2D eigenvalue weighted by Gasteiger charge is -2.27. The molecule has 1 saturated heterocycles. The van der Waals surface area contributed by atoms with Crippen molar-refractivity contribution in [1.29, 1.82) is 0 Å². The van der Waals surface area contributed by atoms with Gasteiger partial charge < -0.3 is 14.7 Å². The first-order valence-electron chi connectivity index (χ1n) is 6.82. The molecule has 1 aromatic rings. The van der Waals surface area contributed by atoms with Crippen LogP contribution in [0.3, 0.4) is 0 Å². The first-order valence-corrected chi connectivity index (χ1v) is 6.82. The van der Waals surface area contributed by atoms with Crippen LogP contribution in [0.5, 0.6) is 0 Å². The average Bonchev–Trinajstić information content (AvgIpc) is 2.90. The van der Waals surface area contributed by atoms with Crippen LogP contribution in [0.4, 0.5) is 4.39 Å². The number of hydrogen-bond donors (Lipinski definition) is 1. The quantitative estimate of drug-likeness (QED) is 0.838. The first-order chi connectivity index (χ1) is 10.0. The largest absolute Gasteiger partial charge is 0.384 e. The average molecular weight is 291 g/mol. The third-order valence-electron chi connectivity index (χ3n) is 3.67. The maximum Gasteiger partial charge on any atom is 0.255 e. The lowest BCUT2D eigenvalue weighted by molar-refractivity contribution is 0.0574. The number of nitrogens with zero attached hydrogens (tertiary/aromatic N) is 1. The Kier molecular flexibility index (Phi) is 4.94. The van der Waals surface area contributed by atoms with Crippen molar-refractivity contribution in [3.8, 4) is 11.8 Å². The minimum Gasteiger partial charge on any atom is -0.384 e. The van der Waals surface area contributed by atoms with Crippen LogP contribution >= 0.6 is 0 Å². The van der Waals surface area contributed by atoms with Gasteiger partial charge in [-0.2, -0.15) is 0 Å². The van der Waals surface area contributed by atoms with Crippen molar-refractivity contribution in [3.63, 3.8) is 0 Å². The Bertz CT molecular complexity index is 591. The standard InChI is InChI=1S/C16H18FNO3/c1-11-15(7-9-21-11)18(2)16(20)14-6-5-13(17)10-12(14)4-3-8-19/h5-6,10-11,15,19H,7-9H2,1-2H3. The van der Waals surface area contributed by atoms with Gasteiger partial charge in [0.25, 0.3) is 5.91 Å². The molecule has 4 nitrogen and oxygen atoms in total. The molecule has 1 heterocycles. The van der Waals surface area contributed by atoms with E-state index in [9.17, 15) is 9.18 Å². The van der Waals surface area contributed by atoms with E-state index in [1.807, 2.05) is 6.92 Å². The Hall–Kier alpha value is -1.90. The van der Waals surface area contributed by atoms with E-state index in [0.717, 1.165) is 6.42 Å². The van der Waals surface area contributed by atoms with E-state index in [2.05, 4.69) is 11.8 Å². The van der Waals surface area contributed by atoms with Gasteiger partial charge in [0.15, 0.2) is 0 Å². The highest BCUT2D eigenvalue weighted by atomic mass is 19.1. The predicted octanol–water partition coefficient (Wildman–Crippen LogP) is 1.42. The highest BCUT2D eigenvalue weighted by Crippen LogP contribution is 2.21. The second-order valence-electron chi connectivity index (χ2n) is 5.00. The molecule has 2 atom stereocenters. The van der Waals surface area contributed by atoms with Gasteiger partial charge in [-0.1, -0.05) is 11.8 Å². The molecule has 0 radical (unpaired) electrons. The predicted molar refractivity (Wildman–Crippen MR) is 76.3 cm³/mol. The summed E-state index contributed by atoms with van der Waals surface area (Å²) >= 11 is 0. The molecule has 1 aliphatic heterocycles. The van der Waals surface area contributed by atoms with Gasteiger partial charge in [-0.15, -0.1) is 0 Å². The topological polar surface area (TPSA) is 49.8 Å². The number of aliphatic hydroxyl groups is 1. The number of benzene rings is 1. The van der Waals surface area contributed by atoms with Crippen molar-refractivity contribution in [2.45, 2.75) is 25.5 Å². The number of rotatable bonds is 2. The zero-order valence-corrected chi connectivity index (χ0v) is 12.1. The summed E-state index contributed by atoms with van der Waals surface area (Å²) in [6.45, 7) is 2.22. The van der Waals surface area contributed by atoms with Crippen LogP contribution in [0.15, 0.2) is 18.2 Å². The fraction of sp³-hybridized carbons (Fsp3) is 0.438. The number of halogens is 1. The first kappa shape index (κ1) is 15.5. The lowest BCUT2D eigenvalue weighted by Crippen LogP contribution is -2.41. The second-order valence-corrected chi connectivity index (χ2v) is 5.00. The zero-order valence-electron chi connectivity index (χ0n) is 12.1. The molecule has 0 aliphatic carbocycles. The number of carbonyl (C=O) groups is 1. The molecule has 112 valence electrons. The summed E-state index contributed by atoms with van der Waals surface area (Å²) in [5, 5.41) is 8.76. The molecule has 1 N–H and O–H groups in total. The van der Waals surface area contributed by atoms with Crippen LogP contribution in [0.2, 0.25) is 0 Å². The van der Waals surface area contributed by atoms with Crippen LogP contribution in [-0.4, -0.2) is 48.3 Å². The molecule has 1 aromatic carbocycles. The Labute approximate surface area is 123 Å². The van der Waals surface area contributed by atoms with Crippen molar-refractivity contribution < 1.29 is 19.0 Å². The van der Waals surface area contributed by atoms with E-state index in [1.165, 1.54) is 18.2 Å². The Morgan fingerprint density at radius 2 is 2.33 bits per heavy atom. The van der Waals surface area contributed by atoms with Gasteiger partial charge in [0.2, 0.25) is 0 Å². The van der Waals surface area contributed by atoms with Gasteiger partial charge in [0, 0.05) is 19.2 Å². The second kappa shape index (κ2) is 6.70. The Morgan fingerprint density at radius 3 is 2.95 bits per heavy atom. The molecule has 21 heavy (non-hydrogen) atoms. The number of carbonyl (C=O) groups excluding carboxylic acids is 1. The van der Waals surface area contributed by atoms with E-state index in [1.54, 1.807) is 11.9 Å². The highest BCUT2D eigenvalue weighted by Gasteiger charge is 2.31. The molecular weight excluding hydrogens is 273 g/mol. The Morgan fingerprint density at radius 1 is 1.57 bits per heavy atom. The van der Waals surface area contributed by atoms with Crippen LogP contribution in [0.25, 0.3) is 0 Å². The lowest BCUT2D eigenvalue weighted by atomic mass is 10.0. The minimum absolute atomic E-state index is 0.00111. The van der Waals surface area contributed by atoms with Gasteiger partial charge >= 0.3 is 0 Å². The summed E-state index contributed by atoms with van der Waals surface area (Å²) in [4.78, 5) is 14.2. The van der Waals surface area contributed by atoms with Crippen molar-refractivity contribution in [2.24, 2.45) is 0 Å². The molecule has 0 bridgehead atoms. The normalized spacial score (nSPS) is 20.8. The fourth-order valence-corrected chi connectivity index (χ4v) is 2.51. The highest BCUT2D eigenvalue weighted by molar-refractivity contribution is 5.96. The van der Waals surface area contributed by atoms with E-state index in [-0.39, 0.29) is 30.2 Å². The fourth-order valence-electron chi connectivity index (χ4n) is 2.51. The van der Waals surface area contributed by atoms with Gasteiger partial charge in [-0.05, 0) is 31.5 Å². The molecule has 1 amide bonds. The number of hydrogen-bond acceptors (Lipinski definition) is 3. The zero-order chi connectivity index (χ0) is 15.4. The summed E-state index contributed by atoms with van der Waals surface area (Å²) < 4.78 is 18.8. The Balaban J connectivity index is 2.30. The van der Waals surface area contributed by atoms with Crippen molar-refractivity contribution in [1.82, 2.24) is 4.90 Å². The summed E-state index contributed by atoms with van der Waals surface area (Å²) in [5.74, 6) is 4.38. The third kappa shape index (κ3) is 3.41. The number of likely N-dealkylation sites (N-methyl/N-ethyl adjacent to an activating group) is 1. The van der Waals surface area contributed by atoms with Crippen LogP contribution < -0.4 is 0 Å². The van der Waals surface area contributed by atoms with Crippen molar-refractivity contribution in [2.75, 3.05) is 20.3 Å². The van der Waals surface area contributed by atoms with Gasteiger partial charge in [-0.3, -0.25) is 4.79 Å². The molecule has 1 aliphatic rings. The van der Waals surface area contributed by atoms with Crippen LogP contribution in [0, 0.1) is 17.7 Å². The number of amides is 1. The van der Waals surface area contributed by atoms with Gasteiger partial charge in [0.05, 0.1) is 17.7 Å². The summed E-state index contributed by atoms with van der Waals surface area (Å²) in [7, 11) is 1.71. The van der Waals surface area contributed by atoms with Crippen molar-refractivity contribution >= 4 is 5.91 Å². The van der Waals surface area contributed by atoms with Crippen molar-refractivity contribution in [3.05, 3.63) is 35.1 Å². The molecule has 2 rings (SSSR count).